The molecule has 1 aromatic heterocycles. The van der Waals surface area contributed by atoms with E-state index in [0.29, 0.717) is 0 Å². The molecule has 0 saturated heterocycles. The first-order chi connectivity index (χ1) is 8.09. The van der Waals surface area contributed by atoms with Crippen LogP contribution >= 0.6 is 0 Å². The van der Waals surface area contributed by atoms with Gasteiger partial charge in [-0.3, -0.25) is 10.1 Å². The molecule has 0 radical (unpaired) electrons. The van der Waals surface area contributed by atoms with Gasteiger partial charge in [0.05, 0.1) is 22.3 Å². The topological polar surface area (TPSA) is 104 Å². The van der Waals surface area contributed by atoms with Crippen molar-refractivity contribution in [2.24, 2.45) is 0 Å². The highest BCUT2D eigenvalue weighted by Crippen LogP contribution is 2.22. The van der Waals surface area contributed by atoms with Gasteiger partial charge in [-0.1, -0.05) is 12.1 Å². The number of nitro benzene ring substituents is 1. The number of para-hydroxylation sites is 2. The second-order valence-electron chi connectivity index (χ2n) is 3.12. The Balaban J connectivity index is 2.52. The van der Waals surface area contributed by atoms with Crippen LogP contribution in [0, 0.1) is 20.2 Å². The molecule has 0 aliphatic rings. The van der Waals surface area contributed by atoms with Crippen LogP contribution in [0.1, 0.15) is 0 Å². The Morgan fingerprint density at radius 3 is 2.35 bits per heavy atom. The van der Waals surface area contributed by atoms with Gasteiger partial charge in [0.1, 0.15) is 0 Å². The minimum Gasteiger partial charge on any atom is -0.358 e. The predicted octanol–water partition coefficient (Wildman–Crippen LogP) is 1.69. The summed E-state index contributed by atoms with van der Waals surface area (Å²) in [5, 5.41) is 24.9. The Hall–Kier alpha value is -2.77. The SMILES string of the molecule is O=[N+]([O-])c1ccn(-c2ccccc2[N+](=O)[O-])n1. The highest BCUT2D eigenvalue weighted by atomic mass is 16.6. The number of nitro groups is 2. The molecule has 2 rings (SSSR count). The highest BCUT2D eigenvalue weighted by molar-refractivity contribution is 5.51. The second-order valence-corrected chi connectivity index (χ2v) is 3.12. The molecule has 0 aliphatic carbocycles. The van der Waals surface area contributed by atoms with Crippen LogP contribution in [0.2, 0.25) is 0 Å². The van der Waals surface area contributed by atoms with Crippen LogP contribution in [0.3, 0.4) is 0 Å². The summed E-state index contributed by atoms with van der Waals surface area (Å²) in [5.74, 6) is -0.358. The monoisotopic (exact) mass is 234 g/mol. The summed E-state index contributed by atoms with van der Waals surface area (Å²) in [4.78, 5) is 20.0. The molecule has 8 nitrogen and oxygen atoms in total. The van der Waals surface area contributed by atoms with Crippen LogP contribution in [-0.2, 0) is 0 Å². The van der Waals surface area contributed by atoms with E-state index in [1.807, 2.05) is 0 Å². The maximum atomic E-state index is 10.8. The van der Waals surface area contributed by atoms with Crippen LogP contribution < -0.4 is 0 Å². The van der Waals surface area contributed by atoms with Gasteiger partial charge in [-0.05, 0) is 11.0 Å². The Labute approximate surface area is 94.4 Å². The predicted molar refractivity (Wildman–Crippen MR) is 56.9 cm³/mol. The van der Waals surface area contributed by atoms with Gasteiger partial charge in [0, 0.05) is 6.07 Å². The molecule has 8 heteroatoms. The molecule has 0 atom stereocenters. The third-order valence-electron chi connectivity index (χ3n) is 2.09. The van der Waals surface area contributed by atoms with Gasteiger partial charge in [0.25, 0.3) is 5.69 Å². The van der Waals surface area contributed by atoms with Crippen LogP contribution in [0.15, 0.2) is 36.5 Å². The molecule has 0 spiro atoms. The van der Waals surface area contributed by atoms with Gasteiger partial charge in [-0.25, -0.2) is 0 Å². The standard InChI is InChI=1S/C9H6N4O4/c14-12(15)8-4-2-1-3-7(8)11-6-5-9(10-11)13(16)17/h1-6H. The van der Waals surface area contributed by atoms with Gasteiger partial charge in [-0.15, -0.1) is 4.68 Å². The van der Waals surface area contributed by atoms with E-state index >= 15 is 0 Å². The quantitative estimate of drug-likeness (QED) is 0.593. The maximum absolute atomic E-state index is 10.8. The van der Waals surface area contributed by atoms with Crippen LogP contribution in [0.25, 0.3) is 5.69 Å². The third kappa shape index (κ3) is 1.95. The molecule has 1 aromatic carbocycles. The number of nitrogens with zero attached hydrogens (tertiary/aromatic N) is 4. The number of benzene rings is 1. The molecule has 0 bridgehead atoms. The van der Waals surface area contributed by atoms with Crippen molar-refractivity contribution < 1.29 is 9.85 Å². The molecule has 1 heterocycles. The molecule has 0 fully saturated rings. The fourth-order valence-electron chi connectivity index (χ4n) is 1.36. The molecule has 0 unspecified atom stereocenters. The summed E-state index contributed by atoms with van der Waals surface area (Å²) < 4.78 is 1.11. The molecular weight excluding hydrogens is 228 g/mol. The molecule has 0 N–H and O–H groups in total. The Kier molecular flexibility index (Phi) is 2.53. The zero-order valence-electron chi connectivity index (χ0n) is 8.39. The number of rotatable bonds is 3. The molecule has 0 amide bonds. The molecule has 17 heavy (non-hydrogen) atoms. The summed E-state index contributed by atoms with van der Waals surface area (Å²) in [6, 6.07) is 7.06. The van der Waals surface area contributed by atoms with Gasteiger partial charge >= 0.3 is 5.82 Å². The van der Waals surface area contributed by atoms with E-state index in [2.05, 4.69) is 5.10 Å². The van der Waals surface area contributed by atoms with Crippen molar-refractivity contribution in [2.75, 3.05) is 0 Å². The van der Waals surface area contributed by atoms with Crippen molar-refractivity contribution >= 4 is 11.5 Å². The lowest BCUT2D eigenvalue weighted by molar-refractivity contribution is -0.389. The summed E-state index contributed by atoms with van der Waals surface area (Å²) in [5.41, 5.74) is 0.0242. The molecular formula is C9H6N4O4. The Morgan fingerprint density at radius 2 is 1.76 bits per heavy atom. The fraction of sp³-hybridized carbons (Fsp3) is 0. The fourth-order valence-corrected chi connectivity index (χ4v) is 1.36. The van der Waals surface area contributed by atoms with Gasteiger partial charge in [0.15, 0.2) is 5.69 Å². The number of hydrogen-bond acceptors (Lipinski definition) is 5. The van der Waals surface area contributed by atoms with Gasteiger partial charge in [0.2, 0.25) is 0 Å². The van der Waals surface area contributed by atoms with Crippen LogP contribution in [0.5, 0.6) is 0 Å². The van der Waals surface area contributed by atoms with E-state index in [1.54, 1.807) is 6.07 Å². The van der Waals surface area contributed by atoms with E-state index in [9.17, 15) is 20.2 Å². The van der Waals surface area contributed by atoms with E-state index in [-0.39, 0.29) is 17.2 Å². The molecule has 0 saturated carbocycles. The van der Waals surface area contributed by atoms with Crippen molar-refractivity contribution in [1.82, 2.24) is 9.78 Å². The first-order valence-corrected chi connectivity index (χ1v) is 4.53. The summed E-state index contributed by atoms with van der Waals surface area (Å²) in [6.07, 6.45) is 1.31. The van der Waals surface area contributed by atoms with E-state index in [0.717, 1.165) is 4.68 Å². The zero-order chi connectivity index (χ0) is 12.4. The first kappa shape index (κ1) is 10.7. The minimum atomic E-state index is -0.661. The summed E-state index contributed by atoms with van der Waals surface area (Å²) in [6.45, 7) is 0. The van der Waals surface area contributed by atoms with Crippen molar-refractivity contribution in [3.63, 3.8) is 0 Å². The smallest absolute Gasteiger partial charge is 0.358 e. The highest BCUT2D eigenvalue weighted by Gasteiger charge is 2.19. The van der Waals surface area contributed by atoms with Crippen LogP contribution in [-0.4, -0.2) is 19.6 Å². The van der Waals surface area contributed by atoms with Gasteiger partial charge in [-0.2, -0.15) is 0 Å². The van der Waals surface area contributed by atoms with E-state index in [4.69, 9.17) is 0 Å². The molecule has 86 valence electrons. The van der Waals surface area contributed by atoms with Gasteiger partial charge < -0.3 is 10.1 Å². The lowest BCUT2D eigenvalue weighted by Gasteiger charge is -1.97. The number of aromatic nitrogens is 2. The van der Waals surface area contributed by atoms with Crippen molar-refractivity contribution in [3.8, 4) is 5.69 Å². The molecule has 2 aromatic rings. The second kappa shape index (κ2) is 4.00. The zero-order valence-corrected chi connectivity index (χ0v) is 8.39. The molecule has 0 aliphatic heterocycles. The summed E-state index contributed by atoms with van der Waals surface area (Å²) >= 11 is 0. The Morgan fingerprint density at radius 1 is 1.06 bits per heavy atom. The third-order valence-corrected chi connectivity index (χ3v) is 2.09. The summed E-state index contributed by atoms with van der Waals surface area (Å²) in [7, 11) is 0. The van der Waals surface area contributed by atoms with E-state index in [1.165, 1.54) is 30.5 Å². The maximum Gasteiger partial charge on any atom is 0.390 e. The first-order valence-electron chi connectivity index (χ1n) is 4.53. The average molecular weight is 234 g/mol. The van der Waals surface area contributed by atoms with E-state index < -0.39 is 9.85 Å². The van der Waals surface area contributed by atoms with Crippen LogP contribution in [0.4, 0.5) is 11.5 Å². The average Bonchev–Trinajstić information content (AvgIpc) is 2.78. The van der Waals surface area contributed by atoms with Crippen molar-refractivity contribution in [2.45, 2.75) is 0 Å². The van der Waals surface area contributed by atoms with Crippen molar-refractivity contribution in [3.05, 3.63) is 56.8 Å². The number of hydrogen-bond donors (Lipinski definition) is 0. The lowest BCUT2D eigenvalue weighted by atomic mass is 10.3. The Bertz CT molecular complexity index is 592. The normalized spacial score (nSPS) is 10.1. The van der Waals surface area contributed by atoms with Crippen molar-refractivity contribution in [1.29, 1.82) is 0 Å². The largest absolute Gasteiger partial charge is 0.390 e. The lowest BCUT2D eigenvalue weighted by Crippen LogP contribution is -2.01. The minimum absolute atomic E-state index is 0.162.